The van der Waals surface area contributed by atoms with Crippen LogP contribution in [-0.4, -0.2) is 9.55 Å². The van der Waals surface area contributed by atoms with Crippen LogP contribution in [0.3, 0.4) is 0 Å². The summed E-state index contributed by atoms with van der Waals surface area (Å²) in [6, 6.07) is 25.2. The molecule has 0 unspecified atom stereocenters. The summed E-state index contributed by atoms with van der Waals surface area (Å²) in [5.74, 6) is 0. The third-order valence-electron chi connectivity index (χ3n) is 4.66. The van der Waals surface area contributed by atoms with Gasteiger partial charge in [0.25, 0.3) is 5.65 Å². The van der Waals surface area contributed by atoms with Gasteiger partial charge in [-0.3, -0.25) is 0 Å². The van der Waals surface area contributed by atoms with Gasteiger partial charge in [-0.15, -0.1) is 0 Å². The van der Waals surface area contributed by atoms with Crippen molar-refractivity contribution in [3.8, 4) is 11.3 Å². The molecule has 3 aromatic heterocycles. The second kappa shape index (κ2) is 4.90. The number of nitrogens with zero attached hydrogens (tertiary/aromatic N) is 3. The zero-order chi connectivity index (χ0) is 16.1. The Morgan fingerprint density at radius 1 is 0.833 bits per heavy atom. The van der Waals surface area contributed by atoms with Gasteiger partial charge in [-0.25, -0.2) is 0 Å². The standard InChI is InChI=1S/C21H16N3/c1-23-17-12-6-5-11-16(17)19-20(15-9-3-2-4-10-15)24-14-8-7-13-18(24)22-21(19)23/h2-14H,1H3/q+1. The molecule has 3 nitrogen and oxygen atoms in total. The Labute approximate surface area is 139 Å². The number of aryl methyl sites for hydroxylation is 1. The first kappa shape index (κ1) is 13.3. The highest BCUT2D eigenvalue weighted by Crippen LogP contribution is 2.33. The Hall–Kier alpha value is -3.20. The van der Waals surface area contributed by atoms with Crippen molar-refractivity contribution in [3.05, 3.63) is 79.0 Å². The van der Waals surface area contributed by atoms with E-state index in [2.05, 4.69) is 88.9 Å². The van der Waals surface area contributed by atoms with Crippen molar-refractivity contribution in [1.29, 1.82) is 0 Å². The molecule has 5 rings (SSSR count). The van der Waals surface area contributed by atoms with Crippen LogP contribution in [-0.2, 0) is 7.05 Å². The van der Waals surface area contributed by atoms with Crippen LogP contribution >= 0.6 is 0 Å². The summed E-state index contributed by atoms with van der Waals surface area (Å²) in [5.41, 5.74) is 5.56. The number of hydrogen-bond donors (Lipinski definition) is 0. The molecule has 0 fully saturated rings. The van der Waals surface area contributed by atoms with Gasteiger partial charge in [-0.1, -0.05) is 54.6 Å². The summed E-state index contributed by atoms with van der Waals surface area (Å²) in [4.78, 5) is 4.93. The lowest BCUT2D eigenvalue weighted by Crippen LogP contribution is -2.26. The van der Waals surface area contributed by atoms with Gasteiger partial charge < -0.3 is 4.57 Å². The van der Waals surface area contributed by atoms with Crippen LogP contribution in [0.1, 0.15) is 0 Å². The van der Waals surface area contributed by atoms with Crippen LogP contribution in [0.5, 0.6) is 0 Å². The predicted molar refractivity (Wildman–Crippen MR) is 96.8 cm³/mol. The van der Waals surface area contributed by atoms with Crippen molar-refractivity contribution < 1.29 is 4.40 Å². The maximum Gasteiger partial charge on any atom is 0.330 e. The molecule has 0 aliphatic rings. The van der Waals surface area contributed by atoms with Crippen molar-refractivity contribution in [2.75, 3.05) is 0 Å². The molecule has 24 heavy (non-hydrogen) atoms. The van der Waals surface area contributed by atoms with Gasteiger partial charge in [0.1, 0.15) is 5.39 Å². The molecule has 0 atom stereocenters. The molecule has 0 radical (unpaired) electrons. The van der Waals surface area contributed by atoms with Crippen LogP contribution in [0.25, 0.3) is 38.8 Å². The lowest BCUT2D eigenvalue weighted by Gasteiger charge is -2.04. The molecule has 0 saturated heterocycles. The SMILES string of the molecule is Cn1c2ccccc2c2c(-c3ccccc3)[n+]3ccccc3nc21. The second-order valence-corrected chi connectivity index (χ2v) is 6.03. The van der Waals surface area contributed by atoms with E-state index in [-0.39, 0.29) is 0 Å². The molecule has 114 valence electrons. The third-order valence-corrected chi connectivity index (χ3v) is 4.66. The van der Waals surface area contributed by atoms with E-state index >= 15 is 0 Å². The summed E-state index contributed by atoms with van der Waals surface area (Å²) in [6.45, 7) is 0. The van der Waals surface area contributed by atoms with E-state index in [0.29, 0.717) is 0 Å². The summed E-state index contributed by atoms with van der Waals surface area (Å²) >= 11 is 0. The molecule has 0 spiro atoms. The fourth-order valence-electron chi connectivity index (χ4n) is 3.57. The number of rotatable bonds is 1. The maximum atomic E-state index is 4.93. The fraction of sp³-hybridized carbons (Fsp3) is 0.0476. The molecule has 0 amide bonds. The minimum atomic E-state index is 0.953. The molecule has 5 aromatic rings. The minimum absolute atomic E-state index is 0.953. The smallest absolute Gasteiger partial charge is 0.307 e. The van der Waals surface area contributed by atoms with Crippen LogP contribution in [0, 0.1) is 0 Å². The van der Waals surface area contributed by atoms with Gasteiger partial charge in [0, 0.05) is 24.1 Å². The third kappa shape index (κ3) is 1.72. The molecule has 2 aromatic carbocycles. The highest BCUT2D eigenvalue weighted by Gasteiger charge is 2.23. The number of fused-ring (bicyclic) bond motifs is 4. The largest absolute Gasteiger partial charge is 0.330 e. The average molecular weight is 310 g/mol. The first-order valence-electron chi connectivity index (χ1n) is 8.07. The Morgan fingerprint density at radius 2 is 1.58 bits per heavy atom. The number of aromatic nitrogens is 3. The molecule has 3 heterocycles. The van der Waals surface area contributed by atoms with Crippen LogP contribution in [0.2, 0.25) is 0 Å². The normalized spacial score (nSPS) is 11.5. The Balaban J connectivity index is 2.12. The van der Waals surface area contributed by atoms with Gasteiger partial charge in [0.2, 0.25) is 0 Å². The van der Waals surface area contributed by atoms with E-state index in [4.69, 9.17) is 4.98 Å². The summed E-state index contributed by atoms with van der Waals surface area (Å²) in [5, 5.41) is 2.43. The van der Waals surface area contributed by atoms with E-state index in [1.54, 1.807) is 0 Å². The number of hydrogen-bond acceptors (Lipinski definition) is 1. The molecule has 0 aliphatic heterocycles. The number of benzene rings is 2. The predicted octanol–water partition coefficient (Wildman–Crippen LogP) is 4.13. The number of para-hydroxylation sites is 1. The lowest BCUT2D eigenvalue weighted by atomic mass is 10.1. The zero-order valence-corrected chi connectivity index (χ0v) is 13.3. The van der Waals surface area contributed by atoms with E-state index < -0.39 is 0 Å². The molecule has 0 bridgehead atoms. The Bertz CT molecular complexity index is 1200. The Kier molecular flexibility index (Phi) is 2.71. The number of pyridine rings is 1. The van der Waals surface area contributed by atoms with Crippen molar-refractivity contribution in [2.24, 2.45) is 7.05 Å². The fourth-order valence-corrected chi connectivity index (χ4v) is 3.57. The van der Waals surface area contributed by atoms with E-state index in [0.717, 1.165) is 11.3 Å². The first-order chi connectivity index (χ1) is 11.8. The van der Waals surface area contributed by atoms with Crippen LogP contribution in [0.15, 0.2) is 79.0 Å². The molecule has 0 saturated carbocycles. The van der Waals surface area contributed by atoms with Gasteiger partial charge in [-0.05, 0) is 17.1 Å². The first-order valence-corrected chi connectivity index (χ1v) is 8.07. The monoisotopic (exact) mass is 310 g/mol. The molecule has 0 aliphatic carbocycles. The van der Waals surface area contributed by atoms with E-state index in [1.165, 1.54) is 27.5 Å². The zero-order valence-electron chi connectivity index (χ0n) is 13.3. The second-order valence-electron chi connectivity index (χ2n) is 6.03. The topological polar surface area (TPSA) is 21.9 Å². The average Bonchev–Trinajstić information content (AvgIpc) is 2.93. The summed E-state index contributed by atoms with van der Waals surface area (Å²) < 4.78 is 4.37. The Morgan fingerprint density at radius 3 is 2.46 bits per heavy atom. The van der Waals surface area contributed by atoms with Gasteiger partial charge in [0.15, 0.2) is 5.69 Å². The van der Waals surface area contributed by atoms with E-state index in [1.807, 2.05) is 6.07 Å². The van der Waals surface area contributed by atoms with Crippen molar-refractivity contribution >= 4 is 27.6 Å². The molecule has 0 N–H and O–H groups in total. The van der Waals surface area contributed by atoms with Crippen molar-refractivity contribution in [3.63, 3.8) is 0 Å². The summed E-state index contributed by atoms with van der Waals surface area (Å²) in [7, 11) is 2.09. The lowest BCUT2D eigenvalue weighted by molar-refractivity contribution is -0.500. The van der Waals surface area contributed by atoms with Gasteiger partial charge in [0.05, 0.1) is 11.7 Å². The summed E-state index contributed by atoms with van der Waals surface area (Å²) in [6.07, 6.45) is 2.09. The van der Waals surface area contributed by atoms with E-state index in [9.17, 15) is 0 Å². The highest BCUT2D eigenvalue weighted by atomic mass is 15.1. The van der Waals surface area contributed by atoms with Crippen LogP contribution in [0.4, 0.5) is 0 Å². The quantitative estimate of drug-likeness (QED) is 0.427. The van der Waals surface area contributed by atoms with Gasteiger partial charge in [-0.2, -0.15) is 4.40 Å². The molecular weight excluding hydrogens is 294 g/mol. The van der Waals surface area contributed by atoms with Crippen molar-refractivity contribution in [2.45, 2.75) is 0 Å². The minimum Gasteiger partial charge on any atom is -0.307 e. The maximum absolute atomic E-state index is 4.93. The molecular formula is C21H16N3+. The van der Waals surface area contributed by atoms with Crippen LogP contribution < -0.4 is 4.40 Å². The molecule has 3 heteroatoms. The van der Waals surface area contributed by atoms with Crippen molar-refractivity contribution in [1.82, 2.24) is 9.55 Å². The highest BCUT2D eigenvalue weighted by molar-refractivity contribution is 6.12. The van der Waals surface area contributed by atoms with Gasteiger partial charge >= 0.3 is 5.65 Å².